The van der Waals surface area contributed by atoms with Crippen molar-refractivity contribution in [3.8, 4) is 0 Å². The van der Waals surface area contributed by atoms with E-state index in [1.165, 1.54) is 35.1 Å². The normalized spacial score (nSPS) is 20.6. The summed E-state index contributed by atoms with van der Waals surface area (Å²) in [7, 11) is 0. The lowest BCUT2D eigenvalue weighted by Crippen LogP contribution is -2.34. The van der Waals surface area contributed by atoms with Crippen LogP contribution < -0.4 is 0 Å². The largest absolute Gasteiger partial charge is 0.462 e. The quantitative estimate of drug-likeness (QED) is 0.600. The second kappa shape index (κ2) is 6.68. The van der Waals surface area contributed by atoms with Crippen molar-refractivity contribution >= 4 is 5.97 Å². The van der Waals surface area contributed by atoms with Gasteiger partial charge in [-0.25, -0.2) is 4.79 Å². The third-order valence-electron chi connectivity index (χ3n) is 7.23. The SMILES string of the molecule is CCOC(=O)c1ccc(C2(c3cc4c(cc3C)C(C)(C)CCC4(C)C)CC2)nc1. The fourth-order valence-corrected chi connectivity index (χ4v) is 5.04. The van der Waals surface area contributed by atoms with Crippen LogP contribution in [0.3, 0.4) is 0 Å². The number of aryl methyl sites for hydroxylation is 1. The zero-order valence-corrected chi connectivity index (χ0v) is 18.7. The van der Waals surface area contributed by atoms with E-state index in [2.05, 4.69) is 46.8 Å². The predicted molar refractivity (Wildman–Crippen MR) is 117 cm³/mol. The van der Waals surface area contributed by atoms with E-state index in [0.29, 0.717) is 12.2 Å². The van der Waals surface area contributed by atoms with E-state index in [0.717, 1.165) is 18.5 Å². The van der Waals surface area contributed by atoms with Crippen molar-refractivity contribution in [1.82, 2.24) is 4.98 Å². The maximum absolute atomic E-state index is 12.0. The van der Waals surface area contributed by atoms with Crippen LogP contribution in [0.1, 0.15) is 98.6 Å². The van der Waals surface area contributed by atoms with Crippen LogP contribution in [0.5, 0.6) is 0 Å². The molecule has 0 radical (unpaired) electrons. The first-order chi connectivity index (χ1) is 13.6. The highest BCUT2D eigenvalue weighted by molar-refractivity contribution is 5.89. The molecule has 0 saturated heterocycles. The number of carbonyl (C=O) groups is 1. The lowest BCUT2D eigenvalue weighted by molar-refractivity contribution is 0.0526. The highest BCUT2D eigenvalue weighted by Gasteiger charge is 2.49. The average molecular weight is 392 g/mol. The highest BCUT2D eigenvalue weighted by Crippen LogP contribution is 2.56. The van der Waals surface area contributed by atoms with Crippen LogP contribution in [-0.2, 0) is 21.0 Å². The van der Waals surface area contributed by atoms with Crippen LogP contribution in [-0.4, -0.2) is 17.6 Å². The maximum Gasteiger partial charge on any atom is 0.339 e. The Morgan fingerprint density at radius 2 is 1.59 bits per heavy atom. The summed E-state index contributed by atoms with van der Waals surface area (Å²) in [6, 6.07) is 8.81. The Hall–Kier alpha value is -2.16. The number of fused-ring (bicyclic) bond motifs is 1. The standard InChI is InChI=1S/C26H33NO2/c1-7-29-23(28)18-8-9-22(27-16-18)26(12-13-26)19-15-21-20(14-17(19)2)24(3,4)10-11-25(21,5)6/h8-9,14-16H,7,10-13H2,1-6H3. The van der Waals surface area contributed by atoms with Gasteiger partial charge in [-0.15, -0.1) is 0 Å². The van der Waals surface area contributed by atoms with Gasteiger partial charge in [-0.05, 0) is 84.7 Å². The maximum atomic E-state index is 12.0. The summed E-state index contributed by atoms with van der Waals surface area (Å²) in [5.41, 5.74) is 7.80. The van der Waals surface area contributed by atoms with Crippen LogP contribution >= 0.6 is 0 Å². The van der Waals surface area contributed by atoms with Crippen LogP contribution in [0, 0.1) is 6.92 Å². The smallest absolute Gasteiger partial charge is 0.339 e. The molecule has 2 aromatic rings. The topological polar surface area (TPSA) is 39.2 Å². The van der Waals surface area contributed by atoms with Gasteiger partial charge in [0, 0.05) is 11.6 Å². The van der Waals surface area contributed by atoms with Crippen molar-refractivity contribution in [2.45, 2.75) is 83.5 Å². The number of aromatic nitrogens is 1. The number of nitrogens with zero attached hydrogens (tertiary/aromatic N) is 1. The molecule has 0 N–H and O–H groups in total. The summed E-state index contributed by atoms with van der Waals surface area (Å²) >= 11 is 0. The van der Waals surface area contributed by atoms with Gasteiger partial charge in [-0.3, -0.25) is 4.98 Å². The summed E-state index contributed by atoms with van der Waals surface area (Å²) in [6.07, 6.45) is 6.35. The van der Waals surface area contributed by atoms with Crippen molar-refractivity contribution in [2.75, 3.05) is 6.61 Å². The number of rotatable bonds is 4. The number of carbonyl (C=O) groups excluding carboxylic acids is 1. The Labute approximate surface area is 174 Å². The van der Waals surface area contributed by atoms with Crippen molar-refractivity contribution in [3.63, 3.8) is 0 Å². The van der Waals surface area contributed by atoms with Gasteiger partial charge in [0.2, 0.25) is 0 Å². The van der Waals surface area contributed by atoms with Crippen molar-refractivity contribution < 1.29 is 9.53 Å². The molecule has 2 aliphatic rings. The molecule has 0 atom stereocenters. The van der Waals surface area contributed by atoms with Gasteiger partial charge in [0.25, 0.3) is 0 Å². The lowest BCUT2D eigenvalue weighted by atomic mass is 9.62. The van der Waals surface area contributed by atoms with Gasteiger partial charge < -0.3 is 4.74 Å². The molecule has 2 aliphatic carbocycles. The first-order valence-corrected chi connectivity index (χ1v) is 10.9. The minimum Gasteiger partial charge on any atom is -0.462 e. The molecule has 29 heavy (non-hydrogen) atoms. The van der Waals surface area contributed by atoms with Crippen LogP contribution in [0.25, 0.3) is 0 Å². The first-order valence-electron chi connectivity index (χ1n) is 10.9. The molecular formula is C26H33NO2. The molecule has 3 nitrogen and oxygen atoms in total. The fraction of sp³-hybridized carbons (Fsp3) is 0.538. The minimum absolute atomic E-state index is 0.00995. The van der Waals surface area contributed by atoms with E-state index in [-0.39, 0.29) is 22.2 Å². The molecule has 1 aromatic carbocycles. The summed E-state index contributed by atoms with van der Waals surface area (Å²) in [5.74, 6) is -0.301. The monoisotopic (exact) mass is 391 g/mol. The molecule has 0 amide bonds. The molecule has 0 bridgehead atoms. The number of hydrogen-bond acceptors (Lipinski definition) is 3. The van der Waals surface area contributed by atoms with E-state index in [1.807, 2.05) is 19.1 Å². The summed E-state index contributed by atoms with van der Waals surface area (Å²) < 4.78 is 5.10. The molecule has 0 aliphatic heterocycles. The van der Waals surface area contributed by atoms with E-state index in [4.69, 9.17) is 9.72 Å². The van der Waals surface area contributed by atoms with Crippen molar-refractivity contribution in [2.24, 2.45) is 0 Å². The second-order valence-electron chi connectivity index (χ2n) is 10.2. The minimum atomic E-state index is -0.301. The van der Waals surface area contributed by atoms with Gasteiger partial charge in [-0.2, -0.15) is 0 Å². The summed E-state index contributed by atoms with van der Waals surface area (Å²) in [5, 5.41) is 0. The van der Waals surface area contributed by atoms with Gasteiger partial charge in [0.05, 0.1) is 17.9 Å². The van der Waals surface area contributed by atoms with E-state index in [9.17, 15) is 4.79 Å². The zero-order valence-electron chi connectivity index (χ0n) is 18.7. The number of hydrogen-bond donors (Lipinski definition) is 0. The van der Waals surface area contributed by atoms with E-state index >= 15 is 0 Å². The molecule has 1 aromatic heterocycles. The van der Waals surface area contributed by atoms with Gasteiger partial charge in [-0.1, -0.05) is 39.8 Å². The Morgan fingerprint density at radius 3 is 2.10 bits per heavy atom. The third kappa shape index (κ3) is 3.29. The Bertz CT molecular complexity index is 949. The van der Waals surface area contributed by atoms with Crippen LogP contribution in [0.4, 0.5) is 0 Å². The lowest BCUT2D eigenvalue weighted by Gasteiger charge is -2.43. The number of benzene rings is 1. The number of ether oxygens (including phenoxy) is 1. The average Bonchev–Trinajstić information content (AvgIpc) is 3.47. The summed E-state index contributed by atoms with van der Waals surface area (Å²) in [4.78, 5) is 16.7. The van der Waals surface area contributed by atoms with Crippen molar-refractivity contribution in [3.05, 3.63) is 64.0 Å². The zero-order chi connectivity index (χ0) is 21.0. The second-order valence-corrected chi connectivity index (χ2v) is 10.2. The molecule has 4 rings (SSSR count). The molecule has 3 heteroatoms. The van der Waals surface area contributed by atoms with Crippen LogP contribution in [0.15, 0.2) is 30.5 Å². The fourth-order valence-electron chi connectivity index (χ4n) is 5.04. The first kappa shape index (κ1) is 20.1. The molecule has 1 heterocycles. The molecule has 1 saturated carbocycles. The third-order valence-corrected chi connectivity index (χ3v) is 7.23. The molecule has 0 unspecified atom stereocenters. The van der Waals surface area contributed by atoms with E-state index in [1.54, 1.807) is 6.20 Å². The Morgan fingerprint density at radius 1 is 0.966 bits per heavy atom. The van der Waals surface area contributed by atoms with Crippen molar-refractivity contribution in [1.29, 1.82) is 0 Å². The Balaban J connectivity index is 1.76. The Kier molecular flexibility index (Phi) is 4.64. The van der Waals surface area contributed by atoms with Gasteiger partial charge in [0.1, 0.15) is 0 Å². The summed E-state index contributed by atoms with van der Waals surface area (Å²) in [6.45, 7) is 14.0. The molecule has 154 valence electrons. The van der Waals surface area contributed by atoms with Gasteiger partial charge in [0.15, 0.2) is 0 Å². The number of pyridine rings is 1. The highest BCUT2D eigenvalue weighted by atomic mass is 16.5. The molecule has 0 spiro atoms. The predicted octanol–water partition coefficient (Wildman–Crippen LogP) is 6.00. The molecular weight excluding hydrogens is 358 g/mol. The van der Waals surface area contributed by atoms with Gasteiger partial charge >= 0.3 is 5.97 Å². The van der Waals surface area contributed by atoms with E-state index < -0.39 is 0 Å². The molecule has 1 fully saturated rings. The number of esters is 1. The van der Waals surface area contributed by atoms with Crippen LogP contribution in [0.2, 0.25) is 0 Å².